The predicted molar refractivity (Wildman–Crippen MR) is 108 cm³/mol. The van der Waals surface area contributed by atoms with Crippen molar-refractivity contribution in [3.63, 3.8) is 0 Å². The van der Waals surface area contributed by atoms with Crippen LogP contribution in [-0.2, 0) is 24.8 Å². The molecule has 1 heterocycles. The highest BCUT2D eigenvalue weighted by atomic mass is 32.2. The van der Waals surface area contributed by atoms with Crippen molar-refractivity contribution in [3.8, 4) is 0 Å². The van der Waals surface area contributed by atoms with Crippen molar-refractivity contribution in [1.29, 1.82) is 0 Å². The number of amides is 1. The summed E-state index contributed by atoms with van der Waals surface area (Å²) in [5.74, 6) is -0.807. The van der Waals surface area contributed by atoms with Gasteiger partial charge in [0.05, 0.1) is 27.4 Å². The van der Waals surface area contributed by atoms with Crippen LogP contribution in [0.25, 0.3) is 0 Å². The average Bonchev–Trinajstić information content (AvgIpc) is 2.77. The van der Waals surface area contributed by atoms with E-state index in [0.717, 1.165) is 8.61 Å². The molecule has 0 unspecified atom stereocenters. The van der Waals surface area contributed by atoms with Crippen molar-refractivity contribution in [2.24, 2.45) is 5.41 Å². The molecule has 28 heavy (non-hydrogen) atoms. The summed E-state index contributed by atoms with van der Waals surface area (Å²) in [5, 5.41) is 0. The Morgan fingerprint density at radius 2 is 1.68 bits per heavy atom. The van der Waals surface area contributed by atoms with Gasteiger partial charge in [-0.3, -0.25) is 9.10 Å². The third-order valence-electron chi connectivity index (χ3n) is 4.74. The Morgan fingerprint density at radius 3 is 2.18 bits per heavy atom. The number of carbonyl (C=O) groups excluding carboxylic acids is 1. The van der Waals surface area contributed by atoms with Gasteiger partial charge in [0, 0.05) is 7.05 Å². The lowest BCUT2D eigenvalue weighted by Gasteiger charge is -2.22. The minimum Gasteiger partial charge on any atom is -0.273 e. The molecule has 1 fully saturated rings. The molecule has 0 bridgehead atoms. The summed E-state index contributed by atoms with van der Waals surface area (Å²) < 4.78 is 52.9. The molecule has 2 aromatic rings. The molecule has 9 heteroatoms. The molecular formula is C19H22N2O5S2. The monoisotopic (exact) mass is 422 g/mol. The van der Waals surface area contributed by atoms with Gasteiger partial charge >= 0.3 is 0 Å². The van der Waals surface area contributed by atoms with Crippen LogP contribution in [0, 0.1) is 12.3 Å². The summed E-state index contributed by atoms with van der Waals surface area (Å²) in [5.41, 5.74) is -0.0160. The summed E-state index contributed by atoms with van der Waals surface area (Å²) >= 11 is 0. The van der Waals surface area contributed by atoms with E-state index in [9.17, 15) is 21.6 Å². The highest BCUT2D eigenvalue weighted by Gasteiger charge is 2.50. The Balaban J connectivity index is 2.03. The third-order valence-corrected chi connectivity index (χ3v) is 8.70. The van der Waals surface area contributed by atoms with Gasteiger partial charge in [0.1, 0.15) is 0 Å². The Kier molecular flexibility index (Phi) is 4.79. The van der Waals surface area contributed by atoms with Crippen molar-refractivity contribution in [2.45, 2.75) is 25.7 Å². The molecule has 1 amide bonds. The SMILES string of the molecule is Cc1cc(N2C(=O)C(C)(C)CS2(=O)=O)ccc1S(=O)(=O)N(C)c1ccccc1. The molecule has 0 spiro atoms. The molecule has 1 aliphatic heterocycles. The molecule has 0 atom stereocenters. The molecule has 2 aromatic carbocycles. The lowest BCUT2D eigenvalue weighted by molar-refractivity contribution is -0.123. The van der Waals surface area contributed by atoms with Crippen LogP contribution >= 0.6 is 0 Å². The number of benzene rings is 2. The Labute approximate surface area is 165 Å². The second-order valence-electron chi connectivity index (χ2n) is 7.47. The van der Waals surface area contributed by atoms with Crippen LogP contribution in [0.4, 0.5) is 11.4 Å². The Hall–Kier alpha value is -2.39. The highest BCUT2D eigenvalue weighted by Crippen LogP contribution is 2.37. The van der Waals surface area contributed by atoms with Crippen molar-refractivity contribution in [2.75, 3.05) is 21.4 Å². The molecule has 0 saturated carbocycles. The van der Waals surface area contributed by atoms with E-state index >= 15 is 0 Å². The first-order chi connectivity index (χ1) is 12.9. The van der Waals surface area contributed by atoms with Crippen LogP contribution < -0.4 is 8.61 Å². The minimum absolute atomic E-state index is 0.0471. The summed E-state index contributed by atoms with van der Waals surface area (Å²) in [6.07, 6.45) is 0. The smallest absolute Gasteiger partial charge is 0.264 e. The fraction of sp³-hybridized carbons (Fsp3) is 0.316. The standard InChI is InChI=1S/C19H22N2O5S2/c1-14-12-16(21-18(22)19(2,3)13-27(21,23)24)10-11-17(14)28(25,26)20(4)15-8-6-5-7-9-15/h5-12H,13H2,1-4H3. The van der Waals surface area contributed by atoms with Crippen molar-refractivity contribution >= 4 is 37.3 Å². The third kappa shape index (κ3) is 3.29. The molecule has 1 aliphatic rings. The van der Waals surface area contributed by atoms with Crippen LogP contribution in [0.15, 0.2) is 53.4 Å². The first kappa shape index (κ1) is 20.3. The maximum atomic E-state index is 13.0. The van der Waals surface area contributed by atoms with E-state index in [2.05, 4.69) is 0 Å². The van der Waals surface area contributed by atoms with E-state index in [1.165, 1.54) is 25.2 Å². The predicted octanol–water partition coefficient (Wildman–Crippen LogP) is 2.52. The van der Waals surface area contributed by atoms with Gasteiger partial charge in [-0.2, -0.15) is 0 Å². The number of sulfonamides is 2. The summed E-state index contributed by atoms with van der Waals surface area (Å²) in [7, 11) is -6.19. The van der Waals surface area contributed by atoms with Gasteiger partial charge in [-0.15, -0.1) is 0 Å². The van der Waals surface area contributed by atoms with Gasteiger partial charge < -0.3 is 0 Å². The molecule has 0 radical (unpaired) electrons. The second kappa shape index (κ2) is 6.59. The van der Waals surface area contributed by atoms with Crippen LogP contribution in [0.2, 0.25) is 0 Å². The molecule has 150 valence electrons. The van der Waals surface area contributed by atoms with Crippen molar-refractivity contribution in [3.05, 3.63) is 54.1 Å². The number of para-hydroxylation sites is 1. The van der Waals surface area contributed by atoms with Gasteiger partial charge in [0.15, 0.2) is 0 Å². The molecular weight excluding hydrogens is 400 g/mol. The number of nitrogens with zero attached hydrogens (tertiary/aromatic N) is 2. The maximum Gasteiger partial charge on any atom is 0.264 e. The quantitative estimate of drug-likeness (QED) is 0.755. The van der Waals surface area contributed by atoms with Gasteiger partial charge in [0.25, 0.3) is 10.0 Å². The fourth-order valence-corrected chi connectivity index (χ4v) is 6.73. The first-order valence-corrected chi connectivity index (χ1v) is 11.6. The molecule has 1 saturated heterocycles. The van der Waals surface area contributed by atoms with Crippen LogP contribution in [0.5, 0.6) is 0 Å². The lowest BCUT2D eigenvalue weighted by Crippen LogP contribution is -2.33. The molecule has 0 aliphatic carbocycles. The van der Waals surface area contributed by atoms with E-state index < -0.39 is 31.4 Å². The number of rotatable bonds is 4. The Morgan fingerprint density at radius 1 is 1.07 bits per heavy atom. The summed E-state index contributed by atoms with van der Waals surface area (Å²) in [6.45, 7) is 4.73. The summed E-state index contributed by atoms with van der Waals surface area (Å²) in [4.78, 5) is 12.6. The zero-order chi connectivity index (χ0) is 20.9. The zero-order valence-electron chi connectivity index (χ0n) is 16.1. The van der Waals surface area contributed by atoms with Crippen LogP contribution in [-0.4, -0.2) is 35.5 Å². The normalized spacial score (nSPS) is 18.3. The number of carbonyl (C=O) groups is 1. The largest absolute Gasteiger partial charge is 0.273 e. The van der Waals surface area contributed by atoms with Gasteiger partial charge in [0.2, 0.25) is 15.9 Å². The maximum absolute atomic E-state index is 13.0. The fourth-order valence-electron chi connectivity index (χ4n) is 3.23. The highest BCUT2D eigenvalue weighted by molar-refractivity contribution is 7.94. The van der Waals surface area contributed by atoms with Crippen molar-refractivity contribution < 1.29 is 21.6 Å². The number of aryl methyl sites for hydroxylation is 1. The van der Waals surface area contributed by atoms with E-state index in [-0.39, 0.29) is 16.3 Å². The van der Waals surface area contributed by atoms with E-state index in [0.29, 0.717) is 11.3 Å². The van der Waals surface area contributed by atoms with Crippen molar-refractivity contribution in [1.82, 2.24) is 0 Å². The number of hydrogen-bond acceptors (Lipinski definition) is 5. The zero-order valence-corrected chi connectivity index (χ0v) is 17.7. The van der Waals surface area contributed by atoms with Gasteiger partial charge in [-0.05, 0) is 56.7 Å². The number of anilines is 2. The Bertz CT molecular complexity index is 1140. The van der Waals surface area contributed by atoms with Crippen LogP contribution in [0.1, 0.15) is 19.4 Å². The molecule has 3 rings (SSSR count). The van der Waals surface area contributed by atoms with E-state index in [4.69, 9.17) is 0 Å². The lowest BCUT2D eigenvalue weighted by atomic mass is 9.95. The van der Waals surface area contributed by atoms with E-state index in [1.807, 2.05) is 0 Å². The minimum atomic E-state index is -3.85. The van der Waals surface area contributed by atoms with E-state index in [1.54, 1.807) is 51.1 Å². The molecule has 7 nitrogen and oxygen atoms in total. The molecule has 0 N–H and O–H groups in total. The topological polar surface area (TPSA) is 91.8 Å². The van der Waals surface area contributed by atoms with Gasteiger partial charge in [-0.25, -0.2) is 21.1 Å². The molecule has 0 aromatic heterocycles. The first-order valence-electron chi connectivity index (χ1n) is 8.60. The summed E-state index contributed by atoms with van der Waals surface area (Å²) in [6, 6.07) is 12.7. The number of hydrogen-bond donors (Lipinski definition) is 0. The average molecular weight is 423 g/mol. The van der Waals surface area contributed by atoms with Crippen LogP contribution in [0.3, 0.4) is 0 Å². The van der Waals surface area contributed by atoms with Gasteiger partial charge in [-0.1, -0.05) is 18.2 Å². The second-order valence-corrected chi connectivity index (χ2v) is 11.2.